The van der Waals surface area contributed by atoms with Gasteiger partial charge in [-0.25, -0.2) is 0 Å². The lowest BCUT2D eigenvalue weighted by Gasteiger charge is -2.48. The van der Waals surface area contributed by atoms with E-state index in [1.807, 2.05) is 0 Å². The largest absolute Gasteiger partial charge is 0.297 e. The first-order chi connectivity index (χ1) is 8.05. The van der Waals surface area contributed by atoms with Gasteiger partial charge in [0.05, 0.1) is 0 Å². The fourth-order valence-electron chi connectivity index (χ4n) is 3.17. The number of nitrogens with one attached hydrogen (secondary N) is 1. The van der Waals surface area contributed by atoms with Crippen LogP contribution in [0.15, 0.2) is 0 Å². The third kappa shape index (κ3) is 3.67. The van der Waals surface area contributed by atoms with Crippen LogP contribution in [0.25, 0.3) is 0 Å². The van der Waals surface area contributed by atoms with Crippen LogP contribution >= 0.6 is 0 Å². The molecule has 0 aromatic rings. The fraction of sp³-hybridized carbons (Fsp3) is 1.00. The Kier molecular flexibility index (Phi) is 8.01. The number of nitrogens with zero attached hydrogens (tertiary/aromatic N) is 1. The molecule has 0 aliphatic carbocycles. The number of likely N-dealkylation sites (N-methyl/N-ethyl adjacent to an activating group) is 1. The summed E-state index contributed by atoms with van der Waals surface area (Å²) in [6, 6.07) is 0.363. The minimum absolute atomic E-state index is 0.148. The molecule has 0 aromatic carbocycles. The van der Waals surface area contributed by atoms with Gasteiger partial charge in [-0.1, -0.05) is 47.5 Å². The smallest absolute Gasteiger partial charge is 0.0419 e. The summed E-state index contributed by atoms with van der Waals surface area (Å²) in [5.41, 5.74) is 3.25. The van der Waals surface area contributed by atoms with E-state index in [0.29, 0.717) is 12.0 Å². The molecule has 0 heterocycles. The fourth-order valence-corrected chi connectivity index (χ4v) is 3.17. The average molecular weight is 243 g/mol. The van der Waals surface area contributed by atoms with Gasteiger partial charge in [-0.05, 0) is 32.4 Å². The van der Waals surface area contributed by atoms with Gasteiger partial charge in [0.15, 0.2) is 0 Å². The molecule has 0 aromatic heterocycles. The van der Waals surface area contributed by atoms with Gasteiger partial charge < -0.3 is 0 Å². The van der Waals surface area contributed by atoms with E-state index in [9.17, 15) is 0 Å². The van der Waals surface area contributed by atoms with Crippen molar-refractivity contribution < 1.29 is 0 Å². The molecule has 0 bridgehead atoms. The summed E-state index contributed by atoms with van der Waals surface area (Å²) >= 11 is 0. The first kappa shape index (κ1) is 16.9. The molecular formula is C14H33N3. The summed E-state index contributed by atoms with van der Waals surface area (Å²) in [5.74, 6) is 6.50. The van der Waals surface area contributed by atoms with Crippen LogP contribution in [0, 0.1) is 5.92 Å². The quantitative estimate of drug-likeness (QED) is 0.483. The van der Waals surface area contributed by atoms with Crippen LogP contribution < -0.4 is 11.3 Å². The van der Waals surface area contributed by atoms with Crippen molar-refractivity contribution in [2.75, 3.05) is 13.1 Å². The lowest BCUT2D eigenvalue weighted by atomic mass is 9.77. The predicted octanol–water partition coefficient (Wildman–Crippen LogP) is 2.77. The number of rotatable bonds is 9. The first-order valence-electron chi connectivity index (χ1n) is 7.26. The zero-order valence-electron chi connectivity index (χ0n) is 12.7. The summed E-state index contributed by atoms with van der Waals surface area (Å²) in [7, 11) is 0. The number of hydrogen-bond acceptors (Lipinski definition) is 3. The maximum atomic E-state index is 5.86. The molecule has 0 saturated carbocycles. The topological polar surface area (TPSA) is 41.3 Å². The van der Waals surface area contributed by atoms with Crippen LogP contribution in [0.1, 0.15) is 60.8 Å². The second-order valence-corrected chi connectivity index (χ2v) is 5.10. The van der Waals surface area contributed by atoms with Crippen molar-refractivity contribution in [3.8, 4) is 0 Å². The van der Waals surface area contributed by atoms with Crippen molar-refractivity contribution in [2.45, 2.75) is 72.4 Å². The van der Waals surface area contributed by atoms with Gasteiger partial charge >= 0.3 is 0 Å². The monoisotopic (exact) mass is 243 g/mol. The minimum Gasteiger partial charge on any atom is -0.297 e. The molecule has 0 amide bonds. The van der Waals surface area contributed by atoms with E-state index < -0.39 is 0 Å². The van der Waals surface area contributed by atoms with Crippen molar-refractivity contribution in [1.82, 2.24) is 10.3 Å². The van der Waals surface area contributed by atoms with E-state index >= 15 is 0 Å². The van der Waals surface area contributed by atoms with Gasteiger partial charge in [0.1, 0.15) is 0 Å². The zero-order valence-corrected chi connectivity index (χ0v) is 12.7. The Morgan fingerprint density at radius 1 is 1.06 bits per heavy atom. The molecular weight excluding hydrogens is 210 g/mol. The Hall–Kier alpha value is -0.120. The third-order valence-electron chi connectivity index (χ3n) is 4.57. The molecule has 2 atom stereocenters. The Labute approximate surface area is 108 Å². The van der Waals surface area contributed by atoms with Gasteiger partial charge in [-0.15, -0.1) is 0 Å². The minimum atomic E-state index is 0.148. The molecule has 0 aliphatic heterocycles. The SMILES string of the molecule is CCC(CC)C(NN)C(C)(CC)N(CC)CC. The van der Waals surface area contributed by atoms with E-state index in [0.717, 1.165) is 19.5 Å². The summed E-state index contributed by atoms with van der Waals surface area (Å²) in [6.45, 7) is 15.8. The first-order valence-corrected chi connectivity index (χ1v) is 7.26. The maximum absolute atomic E-state index is 5.86. The molecule has 0 spiro atoms. The summed E-state index contributed by atoms with van der Waals surface area (Å²) in [4.78, 5) is 2.54. The van der Waals surface area contributed by atoms with Crippen LogP contribution in [-0.2, 0) is 0 Å². The van der Waals surface area contributed by atoms with Gasteiger partial charge in [0.25, 0.3) is 0 Å². The van der Waals surface area contributed by atoms with Gasteiger partial charge in [0.2, 0.25) is 0 Å². The van der Waals surface area contributed by atoms with Crippen molar-refractivity contribution in [3.05, 3.63) is 0 Å². The molecule has 0 aliphatic rings. The second-order valence-electron chi connectivity index (χ2n) is 5.10. The summed E-state index contributed by atoms with van der Waals surface area (Å²) in [6.07, 6.45) is 3.49. The highest BCUT2D eigenvalue weighted by atomic mass is 15.3. The second kappa shape index (κ2) is 8.06. The van der Waals surface area contributed by atoms with Crippen molar-refractivity contribution >= 4 is 0 Å². The highest BCUT2D eigenvalue weighted by Gasteiger charge is 2.39. The van der Waals surface area contributed by atoms with Crippen LogP contribution in [0.2, 0.25) is 0 Å². The zero-order chi connectivity index (χ0) is 13.5. The van der Waals surface area contributed by atoms with Crippen molar-refractivity contribution in [2.24, 2.45) is 11.8 Å². The molecule has 2 unspecified atom stereocenters. The Morgan fingerprint density at radius 2 is 1.53 bits per heavy atom. The van der Waals surface area contributed by atoms with Crippen LogP contribution in [0.5, 0.6) is 0 Å². The Bertz CT molecular complexity index is 188. The third-order valence-corrected chi connectivity index (χ3v) is 4.57. The molecule has 3 heteroatoms. The average Bonchev–Trinajstić information content (AvgIpc) is 2.36. The van der Waals surface area contributed by atoms with Crippen LogP contribution in [0.3, 0.4) is 0 Å². The highest BCUT2D eigenvalue weighted by molar-refractivity contribution is 4.97. The molecule has 0 saturated heterocycles. The van der Waals surface area contributed by atoms with E-state index in [4.69, 9.17) is 5.84 Å². The van der Waals surface area contributed by atoms with E-state index in [1.165, 1.54) is 12.8 Å². The lowest BCUT2D eigenvalue weighted by Crippen LogP contribution is -2.63. The number of nitrogens with two attached hydrogens (primary N) is 1. The number of hydrogen-bond donors (Lipinski definition) is 2. The van der Waals surface area contributed by atoms with Crippen LogP contribution in [0.4, 0.5) is 0 Å². The van der Waals surface area contributed by atoms with Crippen LogP contribution in [-0.4, -0.2) is 29.6 Å². The normalized spacial score (nSPS) is 17.5. The Balaban J connectivity index is 5.12. The van der Waals surface area contributed by atoms with Gasteiger partial charge in [-0.3, -0.25) is 16.2 Å². The summed E-state index contributed by atoms with van der Waals surface area (Å²) < 4.78 is 0. The lowest BCUT2D eigenvalue weighted by molar-refractivity contribution is 0.0433. The number of hydrazine groups is 1. The molecule has 0 radical (unpaired) electrons. The standard InChI is InChI=1S/C14H33N3/c1-7-12(8-2)13(16-15)14(6,9-3)17(10-4)11-5/h12-13,16H,7-11,15H2,1-6H3. The molecule has 0 fully saturated rings. The Morgan fingerprint density at radius 3 is 1.76 bits per heavy atom. The molecule has 0 rings (SSSR count). The summed E-state index contributed by atoms with van der Waals surface area (Å²) in [5, 5.41) is 0. The maximum Gasteiger partial charge on any atom is 0.0419 e. The highest BCUT2D eigenvalue weighted by Crippen LogP contribution is 2.30. The molecule has 17 heavy (non-hydrogen) atoms. The van der Waals surface area contributed by atoms with Gasteiger partial charge in [0, 0.05) is 11.6 Å². The van der Waals surface area contributed by atoms with Gasteiger partial charge in [-0.2, -0.15) is 0 Å². The molecule has 3 N–H and O–H groups in total. The van der Waals surface area contributed by atoms with E-state index in [2.05, 4.69) is 51.9 Å². The van der Waals surface area contributed by atoms with Crippen molar-refractivity contribution in [3.63, 3.8) is 0 Å². The molecule has 3 nitrogen and oxygen atoms in total. The molecule has 104 valence electrons. The predicted molar refractivity (Wildman–Crippen MR) is 76.8 cm³/mol. The van der Waals surface area contributed by atoms with E-state index in [-0.39, 0.29) is 5.54 Å². The van der Waals surface area contributed by atoms with E-state index in [1.54, 1.807) is 0 Å². The van der Waals surface area contributed by atoms with Crippen molar-refractivity contribution in [1.29, 1.82) is 0 Å².